The Bertz CT molecular complexity index is 557. The van der Waals surface area contributed by atoms with E-state index in [2.05, 4.69) is 11.8 Å². The van der Waals surface area contributed by atoms with Crippen LogP contribution in [0.5, 0.6) is 0 Å². The lowest BCUT2D eigenvalue weighted by Gasteiger charge is -2.19. The van der Waals surface area contributed by atoms with Crippen LogP contribution in [0.3, 0.4) is 0 Å². The fraction of sp³-hybridized carbons (Fsp3) is 0.727. The number of aliphatic hydroxyl groups excluding tert-OH is 2. The lowest BCUT2D eigenvalue weighted by molar-refractivity contribution is -0.137. The molecule has 0 heterocycles. The Kier molecular flexibility index (Phi) is 11.0. The monoisotopic (exact) mass is 378 g/mol. The van der Waals surface area contributed by atoms with Crippen LogP contribution in [-0.4, -0.2) is 39.3 Å². The van der Waals surface area contributed by atoms with Gasteiger partial charge in [-0.3, -0.25) is 9.59 Å². The van der Waals surface area contributed by atoms with Gasteiger partial charge in [0.05, 0.1) is 12.2 Å². The number of rotatable bonds is 11. The number of aliphatic carboxylic acids is 1. The van der Waals surface area contributed by atoms with Gasteiger partial charge < -0.3 is 15.3 Å². The molecule has 0 aromatic heterocycles. The van der Waals surface area contributed by atoms with E-state index in [1.807, 2.05) is 13.8 Å². The molecule has 1 aliphatic carbocycles. The third-order valence-corrected chi connectivity index (χ3v) is 5.23. The minimum absolute atomic E-state index is 0.00207. The molecule has 0 amide bonds. The van der Waals surface area contributed by atoms with Gasteiger partial charge in [0.15, 0.2) is 0 Å². The number of unbranched alkanes of at least 4 members (excludes halogenated alkanes) is 3. The van der Waals surface area contributed by atoms with Crippen molar-refractivity contribution in [3.63, 3.8) is 0 Å². The lowest BCUT2D eigenvalue weighted by Crippen LogP contribution is -2.20. The molecular formula is C22H34O5. The maximum Gasteiger partial charge on any atom is 0.303 e. The number of carbonyl (C=O) groups is 2. The van der Waals surface area contributed by atoms with E-state index in [0.717, 1.165) is 25.7 Å². The Labute approximate surface area is 162 Å². The molecule has 0 saturated heterocycles. The van der Waals surface area contributed by atoms with Crippen LogP contribution in [0.1, 0.15) is 71.6 Å². The summed E-state index contributed by atoms with van der Waals surface area (Å²) in [5.41, 5.74) is 0. The highest BCUT2D eigenvalue weighted by atomic mass is 16.4. The molecule has 0 radical (unpaired) electrons. The second-order valence-electron chi connectivity index (χ2n) is 7.53. The molecule has 0 spiro atoms. The summed E-state index contributed by atoms with van der Waals surface area (Å²) >= 11 is 0. The first-order valence-electron chi connectivity index (χ1n) is 10.1. The Balaban J connectivity index is 2.50. The summed E-state index contributed by atoms with van der Waals surface area (Å²) in [6.45, 7) is 3.92. The van der Waals surface area contributed by atoms with Crippen LogP contribution >= 0.6 is 0 Å². The first-order valence-corrected chi connectivity index (χ1v) is 10.1. The summed E-state index contributed by atoms with van der Waals surface area (Å²) in [7, 11) is 0. The SMILES string of the molecule is CCC#CC[C@H](C)[C@H](O)/C=C/[C@H]1[C@H](O)CC(=O)[C@@H]1CCCCCCC(=O)O. The van der Waals surface area contributed by atoms with Crippen LogP contribution in [-0.2, 0) is 9.59 Å². The molecule has 0 aliphatic heterocycles. The normalized spacial score (nSPS) is 24.6. The number of carboxylic acids is 1. The number of hydrogen-bond acceptors (Lipinski definition) is 4. The molecule has 0 aromatic rings. The van der Waals surface area contributed by atoms with Crippen LogP contribution in [0, 0.1) is 29.6 Å². The van der Waals surface area contributed by atoms with E-state index < -0.39 is 18.2 Å². The average molecular weight is 379 g/mol. The van der Waals surface area contributed by atoms with Crippen LogP contribution in [0.15, 0.2) is 12.2 Å². The predicted octanol–water partition coefficient (Wildman–Crippen LogP) is 3.33. The fourth-order valence-corrected chi connectivity index (χ4v) is 3.50. The minimum atomic E-state index is -0.775. The van der Waals surface area contributed by atoms with Gasteiger partial charge in [0.25, 0.3) is 0 Å². The topological polar surface area (TPSA) is 94.8 Å². The maximum absolute atomic E-state index is 12.2. The second kappa shape index (κ2) is 12.7. The van der Waals surface area contributed by atoms with Crippen molar-refractivity contribution in [2.75, 3.05) is 0 Å². The largest absolute Gasteiger partial charge is 0.481 e. The molecule has 3 N–H and O–H groups in total. The van der Waals surface area contributed by atoms with Gasteiger partial charge in [-0.15, -0.1) is 11.8 Å². The van der Waals surface area contributed by atoms with Crippen molar-refractivity contribution in [3.05, 3.63) is 12.2 Å². The molecule has 5 atom stereocenters. The van der Waals surface area contributed by atoms with Crippen molar-refractivity contribution in [1.82, 2.24) is 0 Å². The molecule has 0 unspecified atom stereocenters. The van der Waals surface area contributed by atoms with Crippen LogP contribution < -0.4 is 0 Å². The fourth-order valence-electron chi connectivity index (χ4n) is 3.50. The van der Waals surface area contributed by atoms with Gasteiger partial charge in [0.1, 0.15) is 5.78 Å². The molecule has 0 aromatic carbocycles. The molecule has 0 bridgehead atoms. The van der Waals surface area contributed by atoms with Crippen molar-refractivity contribution in [2.45, 2.75) is 83.8 Å². The van der Waals surface area contributed by atoms with E-state index in [0.29, 0.717) is 19.3 Å². The van der Waals surface area contributed by atoms with E-state index in [9.17, 15) is 19.8 Å². The highest BCUT2D eigenvalue weighted by Crippen LogP contribution is 2.34. The zero-order valence-electron chi connectivity index (χ0n) is 16.6. The quantitative estimate of drug-likeness (QED) is 0.291. The highest BCUT2D eigenvalue weighted by molar-refractivity contribution is 5.84. The summed E-state index contributed by atoms with van der Waals surface area (Å²) in [5.74, 6) is 4.88. The number of carboxylic acid groups (broad SMARTS) is 1. The number of ketones is 1. The van der Waals surface area contributed by atoms with Crippen LogP contribution in [0.25, 0.3) is 0 Å². The molecule has 5 heteroatoms. The van der Waals surface area contributed by atoms with E-state index in [1.54, 1.807) is 12.2 Å². The summed E-state index contributed by atoms with van der Waals surface area (Å²) in [6.07, 6.45) is 7.88. The van der Waals surface area contributed by atoms with Gasteiger partial charge in [0.2, 0.25) is 0 Å². The van der Waals surface area contributed by atoms with Crippen molar-refractivity contribution >= 4 is 11.8 Å². The van der Waals surface area contributed by atoms with E-state index in [-0.39, 0.29) is 36.4 Å². The van der Waals surface area contributed by atoms with Crippen LogP contribution in [0.2, 0.25) is 0 Å². The zero-order valence-corrected chi connectivity index (χ0v) is 16.6. The average Bonchev–Trinajstić information content (AvgIpc) is 2.88. The van der Waals surface area contributed by atoms with E-state index in [4.69, 9.17) is 5.11 Å². The van der Waals surface area contributed by atoms with Gasteiger partial charge in [-0.2, -0.15) is 0 Å². The maximum atomic E-state index is 12.2. The summed E-state index contributed by atoms with van der Waals surface area (Å²) in [6, 6.07) is 0. The van der Waals surface area contributed by atoms with Crippen LogP contribution in [0.4, 0.5) is 0 Å². The molecule has 152 valence electrons. The van der Waals surface area contributed by atoms with Gasteiger partial charge in [-0.05, 0) is 18.8 Å². The van der Waals surface area contributed by atoms with Gasteiger partial charge in [0, 0.05) is 37.5 Å². The van der Waals surface area contributed by atoms with Crippen molar-refractivity contribution in [1.29, 1.82) is 0 Å². The third-order valence-electron chi connectivity index (χ3n) is 5.23. The Morgan fingerprint density at radius 1 is 1.26 bits per heavy atom. The zero-order chi connectivity index (χ0) is 20.2. The lowest BCUT2D eigenvalue weighted by atomic mass is 9.88. The highest BCUT2D eigenvalue weighted by Gasteiger charge is 2.39. The van der Waals surface area contributed by atoms with Crippen molar-refractivity contribution < 1.29 is 24.9 Å². The first kappa shape index (κ1) is 23.4. The van der Waals surface area contributed by atoms with Crippen molar-refractivity contribution in [3.8, 4) is 11.8 Å². The Morgan fingerprint density at radius 2 is 1.96 bits per heavy atom. The Hall–Kier alpha value is -1.64. The number of aliphatic hydroxyl groups is 2. The van der Waals surface area contributed by atoms with Gasteiger partial charge >= 0.3 is 5.97 Å². The third kappa shape index (κ3) is 8.73. The minimum Gasteiger partial charge on any atom is -0.481 e. The molecule has 1 rings (SSSR count). The molecular weight excluding hydrogens is 344 g/mol. The molecule has 1 aliphatic rings. The summed E-state index contributed by atoms with van der Waals surface area (Å²) < 4.78 is 0. The van der Waals surface area contributed by atoms with E-state index >= 15 is 0 Å². The first-order chi connectivity index (χ1) is 12.9. The van der Waals surface area contributed by atoms with Gasteiger partial charge in [-0.1, -0.05) is 45.3 Å². The van der Waals surface area contributed by atoms with Gasteiger partial charge in [-0.25, -0.2) is 0 Å². The summed E-state index contributed by atoms with van der Waals surface area (Å²) in [4.78, 5) is 22.7. The summed E-state index contributed by atoms with van der Waals surface area (Å²) in [5, 5.41) is 29.1. The smallest absolute Gasteiger partial charge is 0.303 e. The standard InChI is InChI=1S/C22H34O5/c1-3-4-7-10-16(2)19(23)14-13-18-17(20(24)15-21(18)25)11-8-5-6-9-12-22(26)27/h13-14,16-19,21,23,25H,3,5-6,8-12,15H2,1-2H3,(H,26,27)/b14-13+/t16-,17+,18+,19+,21+/m0/s1. The molecule has 1 fully saturated rings. The molecule has 1 saturated carbocycles. The number of carbonyl (C=O) groups excluding carboxylic acids is 1. The molecule has 5 nitrogen and oxygen atoms in total. The second-order valence-corrected chi connectivity index (χ2v) is 7.53. The predicted molar refractivity (Wildman–Crippen MR) is 105 cm³/mol. The number of hydrogen-bond donors (Lipinski definition) is 3. The Morgan fingerprint density at radius 3 is 2.63 bits per heavy atom. The number of Topliss-reactive ketones (excluding diaryl/α,β-unsaturated/α-hetero) is 1. The van der Waals surface area contributed by atoms with E-state index in [1.165, 1.54) is 0 Å². The van der Waals surface area contributed by atoms with Crippen molar-refractivity contribution in [2.24, 2.45) is 17.8 Å². The molecule has 27 heavy (non-hydrogen) atoms.